The number of piperazine rings is 1. The Labute approximate surface area is 189 Å². The van der Waals surface area contributed by atoms with Crippen LogP contribution in [0.3, 0.4) is 0 Å². The molecule has 0 radical (unpaired) electrons. The summed E-state index contributed by atoms with van der Waals surface area (Å²) in [4.78, 5) is 29.1. The first-order chi connectivity index (χ1) is 15.6. The fraction of sp³-hybridized carbons (Fsp3) is 0.440. The number of esters is 1. The number of benzene rings is 2. The van der Waals surface area contributed by atoms with Crippen molar-refractivity contribution in [3.8, 4) is 0 Å². The molecular weight excluding hydrogens is 404 g/mol. The van der Waals surface area contributed by atoms with Crippen LogP contribution < -0.4 is 10.6 Å². The number of amides is 1. The molecule has 2 aliphatic rings. The van der Waals surface area contributed by atoms with Gasteiger partial charge in [-0.3, -0.25) is 24.7 Å². The van der Waals surface area contributed by atoms with Crippen molar-refractivity contribution in [3.05, 3.63) is 71.8 Å². The summed E-state index contributed by atoms with van der Waals surface area (Å²) < 4.78 is 4.74. The van der Waals surface area contributed by atoms with Crippen molar-refractivity contribution in [2.75, 3.05) is 33.3 Å². The van der Waals surface area contributed by atoms with E-state index in [0.29, 0.717) is 0 Å². The van der Waals surface area contributed by atoms with Gasteiger partial charge in [-0.1, -0.05) is 60.7 Å². The second-order valence-electron chi connectivity index (χ2n) is 8.55. The van der Waals surface area contributed by atoms with Crippen molar-refractivity contribution in [2.45, 2.75) is 31.7 Å². The SMILES string of the molecule is COC(=O)CC1C(=O)NC(N2CCN(C(c3ccccc3)c3ccccc3)CC2)NC1C. The molecular formula is C25H32N4O3. The minimum Gasteiger partial charge on any atom is -0.469 e. The molecule has 3 atom stereocenters. The van der Waals surface area contributed by atoms with Crippen LogP contribution in [-0.2, 0) is 14.3 Å². The van der Waals surface area contributed by atoms with E-state index in [9.17, 15) is 9.59 Å². The summed E-state index contributed by atoms with van der Waals surface area (Å²) in [7, 11) is 1.35. The molecule has 2 aromatic rings. The first-order valence-corrected chi connectivity index (χ1v) is 11.3. The molecule has 0 spiro atoms. The van der Waals surface area contributed by atoms with Crippen LogP contribution in [0.2, 0.25) is 0 Å². The third-order valence-corrected chi connectivity index (χ3v) is 6.56. The summed E-state index contributed by atoms with van der Waals surface area (Å²) in [5.74, 6) is -0.875. The Morgan fingerprint density at radius 3 is 2.06 bits per heavy atom. The molecule has 7 heteroatoms. The third-order valence-electron chi connectivity index (χ3n) is 6.56. The Morgan fingerprint density at radius 2 is 1.56 bits per heavy atom. The molecule has 0 aliphatic carbocycles. The van der Waals surface area contributed by atoms with Gasteiger partial charge in [0.15, 0.2) is 0 Å². The summed E-state index contributed by atoms with van der Waals surface area (Å²) in [6, 6.07) is 21.3. The summed E-state index contributed by atoms with van der Waals surface area (Å²) in [6.07, 6.45) is -0.132. The van der Waals surface area contributed by atoms with E-state index in [-0.39, 0.29) is 36.7 Å². The molecule has 2 aromatic carbocycles. The number of hydrogen-bond acceptors (Lipinski definition) is 6. The first kappa shape index (κ1) is 22.5. The zero-order valence-electron chi connectivity index (χ0n) is 18.7. The van der Waals surface area contributed by atoms with Crippen LogP contribution in [0.5, 0.6) is 0 Å². The van der Waals surface area contributed by atoms with E-state index in [4.69, 9.17) is 4.74 Å². The van der Waals surface area contributed by atoms with E-state index in [0.717, 1.165) is 26.2 Å². The average molecular weight is 437 g/mol. The van der Waals surface area contributed by atoms with E-state index in [1.807, 2.05) is 6.92 Å². The maximum Gasteiger partial charge on any atom is 0.306 e. The highest BCUT2D eigenvalue weighted by Crippen LogP contribution is 2.29. The van der Waals surface area contributed by atoms with Crippen LogP contribution in [-0.4, -0.2) is 67.3 Å². The van der Waals surface area contributed by atoms with E-state index >= 15 is 0 Å². The van der Waals surface area contributed by atoms with Crippen LogP contribution in [0.15, 0.2) is 60.7 Å². The second kappa shape index (κ2) is 10.3. The Bertz CT molecular complexity index is 860. The van der Waals surface area contributed by atoms with Gasteiger partial charge < -0.3 is 10.1 Å². The highest BCUT2D eigenvalue weighted by Gasteiger charge is 2.38. The van der Waals surface area contributed by atoms with Gasteiger partial charge in [0.1, 0.15) is 6.29 Å². The fourth-order valence-electron chi connectivity index (χ4n) is 4.74. The number of nitrogens with zero attached hydrogens (tertiary/aromatic N) is 2. The van der Waals surface area contributed by atoms with Crippen molar-refractivity contribution in [2.24, 2.45) is 5.92 Å². The molecule has 170 valence electrons. The van der Waals surface area contributed by atoms with Crippen LogP contribution in [0.25, 0.3) is 0 Å². The van der Waals surface area contributed by atoms with Crippen molar-refractivity contribution >= 4 is 11.9 Å². The van der Waals surface area contributed by atoms with Crippen LogP contribution in [0, 0.1) is 5.92 Å². The van der Waals surface area contributed by atoms with Crippen LogP contribution in [0.1, 0.15) is 30.5 Å². The number of ether oxygens (including phenoxy) is 1. The van der Waals surface area contributed by atoms with Gasteiger partial charge in [0, 0.05) is 32.2 Å². The standard InChI is InChI=1S/C25H32N4O3/c1-18-21(17-22(30)32-2)24(31)27-25(26-18)29-15-13-28(14-16-29)23(19-9-5-3-6-10-19)20-11-7-4-8-12-20/h3-12,18,21,23,25-26H,13-17H2,1-2H3,(H,27,31). The van der Waals surface area contributed by atoms with Gasteiger partial charge in [-0.05, 0) is 18.1 Å². The fourth-order valence-corrected chi connectivity index (χ4v) is 4.74. The highest BCUT2D eigenvalue weighted by atomic mass is 16.5. The number of carbonyl (C=O) groups excluding carboxylic acids is 2. The van der Waals surface area contributed by atoms with Gasteiger partial charge in [-0.15, -0.1) is 0 Å². The third kappa shape index (κ3) is 5.01. The Kier molecular flexibility index (Phi) is 7.19. The molecule has 0 bridgehead atoms. The van der Waals surface area contributed by atoms with Gasteiger partial charge >= 0.3 is 5.97 Å². The Hall–Kier alpha value is -2.74. The van der Waals surface area contributed by atoms with E-state index in [2.05, 4.69) is 81.1 Å². The molecule has 2 fully saturated rings. The normalized spacial score (nSPS) is 24.8. The first-order valence-electron chi connectivity index (χ1n) is 11.3. The minimum atomic E-state index is -0.416. The smallest absolute Gasteiger partial charge is 0.306 e. The zero-order chi connectivity index (χ0) is 22.5. The number of nitrogens with one attached hydrogen (secondary N) is 2. The molecule has 1 amide bonds. The Morgan fingerprint density at radius 1 is 1.00 bits per heavy atom. The topological polar surface area (TPSA) is 73.9 Å². The van der Waals surface area contributed by atoms with E-state index in [1.165, 1.54) is 18.2 Å². The Balaban J connectivity index is 1.41. The molecule has 3 unspecified atom stereocenters. The van der Waals surface area contributed by atoms with Gasteiger partial charge in [0.25, 0.3) is 0 Å². The average Bonchev–Trinajstić information content (AvgIpc) is 2.83. The molecule has 2 N–H and O–H groups in total. The van der Waals surface area contributed by atoms with Crippen molar-refractivity contribution in [1.29, 1.82) is 0 Å². The summed E-state index contributed by atoms with van der Waals surface area (Å²) >= 11 is 0. The molecule has 2 heterocycles. The largest absolute Gasteiger partial charge is 0.469 e. The summed E-state index contributed by atoms with van der Waals surface area (Å²) in [5, 5.41) is 6.52. The minimum absolute atomic E-state index is 0.0901. The quantitative estimate of drug-likeness (QED) is 0.675. The summed E-state index contributed by atoms with van der Waals surface area (Å²) in [6.45, 7) is 5.41. The molecule has 7 nitrogen and oxygen atoms in total. The monoisotopic (exact) mass is 436 g/mol. The van der Waals surface area contributed by atoms with E-state index < -0.39 is 5.92 Å². The lowest BCUT2D eigenvalue weighted by atomic mass is 9.94. The maximum atomic E-state index is 12.7. The molecule has 0 saturated carbocycles. The lowest BCUT2D eigenvalue weighted by Gasteiger charge is -2.46. The van der Waals surface area contributed by atoms with Crippen molar-refractivity contribution < 1.29 is 14.3 Å². The second-order valence-corrected chi connectivity index (χ2v) is 8.55. The van der Waals surface area contributed by atoms with Crippen LogP contribution >= 0.6 is 0 Å². The summed E-state index contributed by atoms with van der Waals surface area (Å²) in [5.41, 5.74) is 2.58. The number of carbonyl (C=O) groups is 2. The predicted octanol–water partition coefficient (Wildman–Crippen LogP) is 1.96. The van der Waals surface area contributed by atoms with Gasteiger partial charge in [-0.2, -0.15) is 0 Å². The molecule has 2 aliphatic heterocycles. The van der Waals surface area contributed by atoms with Gasteiger partial charge in [-0.25, -0.2) is 0 Å². The predicted molar refractivity (Wildman–Crippen MR) is 123 cm³/mol. The molecule has 0 aromatic heterocycles. The number of rotatable bonds is 6. The molecule has 4 rings (SSSR count). The molecule has 2 saturated heterocycles. The lowest BCUT2D eigenvalue weighted by Crippen LogP contribution is -2.69. The zero-order valence-corrected chi connectivity index (χ0v) is 18.7. The van der Waals surface area contributed by atoms with Crippen molar-refractivity contribution in [1.82, 2.24) is 20.4 Å². The van der Waals surface area contributed by atoms with Crippen molar-refractivity contribution in [3.63, 3.8) is 0 Å². The van der Waals surface area contributed by atoms with E-state index in [1.54, 1.807) is 0 Å². The van der Waals surface area contributed by atoms with Gasteiger partial charge in [0.2, 0.25) is 5.91 Å². The van der Waals surface area contributed by atoms with Crippen LogP contribution in [0.4, 0.5) is 0 Å². The lowest BCUT2D eigenvalue weighted by molar-refractivity contribution is -0.147. The maximum absolute atomic E-state index is 12.7. The highest BCUT2D eigenvalue weighted by molar-refractivity contribution is 5.85. The molecule has 32 heavy (non-hydrogen) atoms. The van der Waals surface area contributed by atoms with Gasteiger partial charge in [0.05, 0.1) is 25.5 Å². The number of methoxy groups -OCH3 is 1. The number of hydrogen-bond donors (Lipinski definition) is 2.